The third kappa shape index (κ3) is 9.94. The molecule has 6 rings (SSSR count). The van der Waals surface area contributed by atoms with Gasteiger partial charge in [-0.1, -0.05) is 48.5 Å². The molecule has 0 saturated carbocycles. The molecule has 0 unspecified atom stereocenters. The van der Waals surface area contributed by atoms with E-state index < -0.39 is 5.97 Å². The Bertz CT molecular complexity index is 1570. The maximum atomic E-state index is 9.00. The Morgan fingerprint density at radius 1 is 0.667 bits per heavy atom. The van der Waals surface area contributed by atoms with Gasteiger partial charge >= 0.3 is 0 Å². The minimum atomic E-state index is -0.833. The van der Waals surface area contributed by atoms with Gasteiger partial charge in [0.15, 0.2) is 0 Å². The van der Waals surface area contributed by atoms with E-state index in [9.17, 15) is 0 Å². The summed E-state index contributed by atoms with van der Waals surface area (Å²) >= 11 is 7.51. The van der Waals surface area contributed by atoms with Crippen LogP contribution in [0, 0.1) is 13.8 Å². The van der Waals surface area contributed by atoms with Gasteiger partial charge in [0.1, 0.15) is 24.7 Å². The lowest BCUT2D eigenvalue weighted by atomic mass is 9.92. The highest BCUT2D eigenvalue weighted by Crippen LogP contribution is 2.34. The summed E-state index contributed by atoms with van der Waals surface area (Å²) in [4.78, 5) is 14.0. The van der Waals surface area contributed by atoms with Gasteiger partial charge in [-0.2, -0.15) is 0 Å². The number of hydrogen-bond acceptors (Lipinski definition) is 5. The lowest BCUT2D eigenvalue weighted by Gasteiger charge is -2.18. The number of benzene rings is 4. The molecule has 8 heteroatoms. The number of hydrogen-bond donors (Lipinski definition) is 1. The zero-order valence-corrected chi connectivity index (χ0v) is 31.4. The van der Waals surface area contributed by atoms with E-state index in [1.54, 1.807) is 0 Å². The molecule has 0 radical (unpaired) electrons. The lowest BCUT2D eigenvalue weighted by molar-refractivity contribution is -0.134. The Balaban J connectivity index is 0.00000107. The average molecular weight is 779 g/mol. The second-order valence-corrected chi connectivity index (χ2v) is 14.5. The zero-order valence-electron chi connectivity index (χ0n) is 28.2. The van der Waals surface area contributed by atoms with E-state index in [0.717, 1.165) is 40.5 Å². The molecule has 1 N–H and O–H groups in total. The first-order valence-corrected chi connectivity index (χ1v) is 18.4. The van der Waals surface area contributed by atoms with Crippen molar-refractivity contribution in [3.8, 4) is 22.6 Å². The van der Waals surface area contributed by atoms with Crippen molar-refractivity contribution < 1.29 is 19.4 Å². The van der Waals surface area contributed by atoms with Gasteiger partial charge in [-0.15, -0.1) is 0 Å². The molecular weight excluding hydrogens is 732 g/mol. The molecule has 2 heterocycles. The van der Waals surface area contributed by atoms with E-state index in [1.807, 2.05) is 0 Å². The molecule has 2 saturated heterocycles. The normalized spacial score (nSPS) is 14.9. The summed E-state index contributed by atoms with van der Waals surface area (Å²) in [6, 6.07) is 26.0. The van der Waals surface area contributed by atoms with Crippen LogP contribution in [0.4, 0.5) is 0 Å². The van der Waals surface area contributed by atoms with Crippen LogP contribution in [0.3, 0.4) is 0 Å². The van der Waals surface area contributed by atoms with Gasteiger partial charge < -0.3 is 14.6 Å². The highest BCUT2D eigenvalue weighted by molar-refractivity contribution is 9.10. The minimum Gasteiger partial charge on any atom is -0.488 e. The number of nitrogens with zero attached hydrogens (tertiary/aromatic N) is 2. The van der Waals surface area contributed by atoms with Crippen molar-refractivity contribution in [2.45, 2.75) is 72.8 Å². The summed E-state index contributed by atoms with van der Waals surface area (Å²) in [6.45, 7) is 13.3. The van der Waals surface area contributed by atoms with Crippen LogP contribution in [0.15, 0.2) is 81.7 Å². The van der Waals surface area contributed by atoms with E-state index in [4.69, 9.17) is 19.4 Å². The van der Waals surface area contributed by atoms with Crippen molar-refractivity contribution in [2.24, 2.45) is 0 Å². The summed E-state index contributed by atoms with van der Waals surface area (Å²) in [5, 5.41) is 7.42. The fourth-order valence-corrected chi connectivity index (χ4v) is 7.57. The van der Waals surface area contributed by atoms with Crippen LogP contribution in [0.25, 0.3) is 11.1 Å². The quantitative estimate of drug-likeness (QED) is 0.164. The Labute approximate surface area is 302 Å². The second kappa shape index (κ2) is 17.5. The Kier molecular flexibility index (Phi) is 13.1. The van der Waals surface area contributed by atoms with Gasteiger partial charge in [0.2, 0.25) is 0 Å². The fraction of sp³-hybridized carbons (Fsp3) is 0.375. The highest BCUT2D eigenvalue weighted by atomic mass is 79.9. The first kappa shape index (κ1) is 36.1. The third-order valence-corrected chi connectivity index (χ3v) is 10.4. The summed E-state index contributed by atoms with van der Waals surface area (Å²) < 4.78 is 14.7. The van der Waals surface area contributed by atoms with Gasteiger partial charge in [-0.25, -0.2) is 0 Å². The number of aliphatic carboxylic acids is 1. The van der Waals surface area contributed by atoms with E-state index in [-0.39, 0.29) is 0 Å². The summed E-state index contributed by atoms with van der Waals surface area (Å²) in [5.74, 6) is 0.927. The topological polar surface area (TPSA) is 62.2 Å². The molecular formula is C40H46Br2N2O4. The number of carbonyl (C=O) groups is 1. The second-order valence-electron chi connectivity index (χ2n) is 12.8. The molecule has 2 aliphatic rings. The third-order valence-electron chi connectivity index (χ3n) is 9.15. The van der Waals surface area contributed by atoms with E-state index in [2.05, 4.69) is 128 Å². The van der Waals surface area contributed by atoms with Crippen LogP contribution >= 0.6 is 31.9 Å². The van der Waals surface area contributed by atoms with Crippen molar-refractivity contribution in [2.75, 3.05) is 26.2 Å². The number of carboxylic acids is 1. The summed E-state index contributed by atoms with van der Waals surface area (Å²) in [7, 11) is 0. The van der Waals surface area contributed by atoms with E-state index in [0.29, 0.717) is 13.2 Å². The fourth-order valence-electron chi connectivity index (χ4n) is 6.49. The molecule has 2 fully saturated rings. The SMILES string of the molecule is CC(=O)O.Cc1c(COc2ccc(CN3CCCC3)cc2Br)cccc1-c1cccc(COc2ccc(CN3CCCC3)cc2Br)c1C. The van der Waals surface area contributed by atoms with E-state index >= 15 is 0 Å². The average Bonchev–Trinajstić information content (AvgIpc) is 3.76. The number of halogens is 2. The maximum Gasteiger partial charge on any atom is 0.300 e. The van der Waals surface area contributed by atoms with Gasteiger partial charge in [0.25, 0.3) is 5.97 Å². The summed E-state index contributed by atoms with van der Waals surface area (Å²) in [5.41, 5.74) is 9.98. The largest absolute Gasteiger partial charge is 0.488 e. The molecule has 6 nitrogen and oxygen atoms in total. The standard InChI is InChI=1S/C38H42Br2N2O2.C2H4O2/c1-27-31(25-43-37-15-13-29(21-35(37)39)23-41-17-3-4-18-41)9-7-11-33(27)34-12-8-10-32(28(34)2)26-44-38-16-14-30(22-36(38)40)24-42-19-5-6-20-42;1-2(3)4/h7-16,21-22H,3-6,17-20,23-26H2,1-2H3;1H3,(H,3,4). The predicted molar refractivity (Wildman–Crippen MR) is 201 cm³/mol. The number of likely N-dealkylation sites (tertiary alicyclic amines) is 2. The van der Waals surface area contributed by atoms with E-state index in [1.165, 1.54) is 96.4 Å². The van der Waals surface area contributed by atoms with Crippen LogP contribution in [-0.4, -0.2) is 47.1 Å². The monoisotopic (exact) mass is 776 g/mol. The Morgan fingerprint density at radius 3 is 1.40 bits per heavy atom. The molecule has 48 heavy (non-hydrogen) atoms. The zero-order chi connectivity index (χ0) is 34.0. The van der Waals surface area contributed by atoms with Crippen molar-refractivity contribution in [3.63, 3.8) is 0 Å². The van der Waals surface area contributed by atoms with Crippen LogP contribution in [0.2, 0.25) is 0 Å². The molecule has 4 aromatic rings. The number of ether oxygens (including phenoxy) is 2. The Morgan fingerprint density at radius 2 is 1.04 bits per heavy atom. The lowest BCUT2D eigenvalue weighted by Crippen LogP contribution is -2.18. The molecule has 0 atom stereocenters. The first-order chi connectivity index (χ1) is 23.2. The van der Waals surface area contributed by atoms with Gasteiger partial charge in [-0.3, -0.25) is 14.6 Å². The predicted octanol–water partition coefficient (Wildman–Crippen LogP) is 9.94. The van der Waals surface area contributed by atoms with Gasteiger partial charge in [0.05, 0.1) is 8.95 Å². The van der Waals surface area contributed by atoms with Crippen molar-refractivity contribution in [1.29, 1.82) is 0 Å². The summed E-state index contributed by atoms with van der Waals surface area (Å²) in [6.07, 6.45) is 5.24. The van der Waals surface area contributed by atoms with Crippen LogP contribution in [0.1, 0.15) is 66.0 Å². The first-order valence-electron chi connectivity index (χ1n) is 16.8. The number of carboxylic acid groups (broad SMARTS) is 1. The van der Waals surface area contributed by atoms with Crippen LogP contribution in [0.5, 0.6) is 11.5 Å². The molecule has 0 amide bonds. The maximum absolute atomic E-state index is 9.00. The molecule has 0 aromatic heterocycles. The molecule has 254 valence electrons. The minimum absolute atomic E-state index is 0.521. The highest BCUT2D eigenvalue weighted by Gasteiger charge is 2.16. The van der Waals surface area contributed by atoms with Crippen LogP contribution < -0.4 is 9.47 Å². The van der Waals surface area contributed by atoms with Gasteiger partial charge in [0, 0.05) is 20.0 Å². The molecule has 0 spiro atoms. The molecule has 0 aliphatic carbocycles. The molecule has 4 aromatic carbocycles. The van der Waals surface area contributed by atoms with Crippen LogP contribution in [-0.2, 0) is 31.1 Å². The van der Waals surface area contributed by atoms with Crippen molar-refractivity contribution in [1.82, 2.24) is 9.80 Å². The molecule has 0 bridgehead atoms. The van der Waals surface area contributed by atoms with Crippen molar-refractivity contribution in [3.05, 3.63) is 115 Å². The van der Waals surface area contributed by atoms with Crippen molar-refractivity contribution >= 4 is 37.8 Å². The number of rotatable bonds is 11. The smallest absolute Gasteiger partial charge is 0.300 e. The molecule has 2 aliphatic heterocycles. The Hall–Kier alpha value is -3.17. The van der Waals surface area contributed by atoms with Gasteiger partial charge in [-0.05, 0) is 166 Å².